The molecule has 3 aliphatic rings. The Balaban J connectivity index is 1.42. The number of aliphatic hydroxyl groups is 1. The van der Waals surface area contributed by atoms with Gasteiger partial charge in [-0.3, -0.25) is 24.6 Å². The molecule has 3 aromatic rings. The number of para-hydroxylation sites is 1. The van der Waals surface area contributed by atoms with Gasteiger partial charge in [0.15, 0.2) is 0 Å². The van der Waals surface area contributed by atoms with Gasteiger partial charge in [0.05, 0.1) is 24.0 Å². The number of nitrogens with zero attached hydrogens (tertiary/aromatic N) is 1. The van der Waals surface area contributed by atoms with Crippen molar-refractivity contribution in [2.24, 2.45) is 11.8 Å². The molecule has 3 N–H and O–H groups in total. The largest absolute Gasteiger partial charge is 0.387 e. The first-order chi connectivity index (χ1) is 17.4. The molecule has 0 aliphatic carbocycles. The van der Waals surface area contributed by atoms with Crippen LogP contribution in [0.1, 0.15) is 22.8 Å². The van der Waals surface area contributed by atoms with Gasteiger partial charge in [-0.15, -0.1) is 0 Å². The van der Waals surface area contributed by atoms with Crippen molar-refractivity contribution in [3.63, 3.8) is 0 Å². The number of anilines is 1. The molecule has 36 heavy (non-hydrogen) atoms. The summed E-state index contributed by atoms with van der Waals surface area (Å²) in [7, 11) is 0. The number of halogens is 1. The lowest BCUT2D eigenvalue weighted by Crippen LogP contribution is -2.54. The number of carbonyl (C=O) groups is 3. The Morgan fingerprint density at radius 2 is 1.61 bits per heavy atom. The zero-order chi connectivity index (χ0) is 25.0. The van der Waals surface area contributed by atoms with Crippen LogP contribution in [0.5, 0.6) is 0 Å². The smallest absolute Gasteiger partial charge is 0.250 e. The minimum atomic E-state index is -1.45. The first-order valence-electron chi connectivity index (χ1n) is 11.9. The van der Waals surface area contributed by atoms with Gasteiger partial charge in [-0.05, 0) is 35.7 Å². The van der Waals surface area contributed by atoms with E-state index in [2.05, 4.69) is 10.6 Å². The number of amides is 3. The number of nitrogens with one attached hydrogen (secondary N) is 2. The van der Waals surface area contributed by atoms with Crippen LogP contribution in [0.15, 0.2) is 78.9 Å². The summed E-state index contributed by atoms with van der Waals surface area (Å²) < 4.78 is 0. The van der Waals surface area contributed by atoms with Crippen molar-refractivity contribution in [2.45, 2.75) is 24.1 Å². The number of benzene rings is 3. The van der Waals surface area contributed by atoms with Crippen LogP contribution < -0.4 is 10.6 Å². The zero-order valence-electron chi connectivity index (χ0n) is 19.2. The SMILES string of the molecule is O=C1[C@H]2[C@H]([C@H](O)c3ccc(Cl)cc3)N[C@@]3(C(=O)Nc4ccccc43)[C@H]2C(=O)N1CCc1ccccc1. The highest BCUT2D eigenvalue weighted by atomic mass is 35.5. The summed E-state index contributed by atoms with van der Waals surface area (Å²) in [6.45, 7) is 0.206. The Kier molecular flexibility index (Phi) is 5.44. The van der Waals surface area contributed by atoms with Gasteiger partial charge in [0.2, 0.25) is 17.7 Å². The second-order valence-corrected chi connectivity index (χ2v) is 9.98. The van der Waals surface area contributed by atoms with Crippen molar-refractivity contribution in [3.05, 3.63) is 101 Å². The molecule has 5 atom stereocenters. The van der Waals surface area contributed by atoms with Gasteiger partial charge in [-0.25, -0.2) is 0 Å². The Bertz CT molecular complexity index is 1360. The molecular formula is C28H24ClN3O4. The average Bonchev–Trinajstić information content (AvgIpc) is 3.48. The molecule has 7 nitrogen and oxygen atoms in total. The number of carbonyl (C=O) groups excluding carboxylic acids is 3. The molecule has 0 saturated carbocycles. The maximum absolute atomic E-state index is 13.9. The highest BCUT2D eigenvalue weighted by Gasteiger charge is 2.71. The Labute approximate surface area is 213 Å². The van der Waals surface area contributed by atoms with Crippen molar-refractivity contribution in [1.29, 1.82) is 0 Å². The second kappa shape index (κ2) is 8.55. The molecule has 2 fully saturated rings. The zero-order valence-corrected chi connectivity index (χ0v) is 20.0. The molecule has 8 heteroatoms. The number of rotatable bonds is 5. The van der Waals surface area contributed by atoms with Gasteiger partial charge < -0.3 is 10.4 Å². The number of likely N-dealkylation sites (tertiary alicyclic amines) is 1. The summed E-state index contributed by atoms with van der Waals surface area (Å²) in [6.07, 6.45) is -0.633. The molecule has 182 valence electrons. The van der Waals surface area contributed by atoms with E-state index in [1.807, 2.05) is 30.3 Å². The van der Waals surface area contributed by atoms with Gasteiger partial charge in [0.1, 0.15) is 5.54 Å². The third kappa shape index (κ3) is 3.31. The molecule has 0 radical (unpaired) electrons. The van der Waals surface area contributed by atoms with Crippen LogP contribution in [0.2, 0.25) is 5.02 Å². The van der Waals surface area contributed by atoms with E-state index in [0.717, 1.165) is 5.56 Å². The quantitative estimate of drug-likeness (QED) is 0.467. The van der Waals surface area contributed by atoms with Crippen LogP contribution in [0.3, 0.4) is 0 Å². The molecule has 0 aromatic heterocycles. The minimum absolute atomic E-state index is 0.206. The standard InChI is InChI=1S/C28H24ClN3O4/c29-18-12-10-17(11-13-18)24(33)23-21-22(28(31-23)19-8-4-5-9-20(19)30-27(28)36)26(35)32(25(21)34)15-14-16-6-2-1-3-7-16/h1-13,21-24,31,33H,14-15H2,(H,30,36)/t21-,22-,23-,24-,28-/m1/s1. The van der Waals surface area contributed by atoms with Crippen LogP contribution in [0.25, 0.3) is 0 Å². The summed E-state index contributed by atoms with van der Waals surface area (Å²) in [5.74, 6) is -3.05. The molecule has 0 bridgehead atoms. The van der Waals surface area contributed by atoms with E-state index in [9.17, 15) is 19.5 Å². The Hall–Kier alpha value is -3.52. The second-order valence-electron chi connectivity index (χ2n) is 9.54. The number of imide groups is 1. The predicted molar refractivity (Wildman–Crippen MR) is 134 cm³/mol. The van der Waals surface area contributed by atoms with Gasteiger partial charge in [0.25, 0.3) is 0 Å². The van der Waals surface area contributed by atoms with Crippen molar-refractivity contribution >= 4 is 35.0 Å². The molecule has 1 spiro atoms. The summed E-state index contributed by atoms with van der Waals surface area (Å²) in [5.41, 5.74) is 1.31. The van der Waals surface area contributed by atoms with Crippen LogP contribution in [-0.4, -0.2) is 40.3 Å². The van der Waals surface area contributed by atoms with Crippen molar-refractivity contribution in [3.8, 4) is 0 Å². The highest BCUT2D eigenvalue weighted by molar-refractivity contribution is 6.30. The van der Waals surface area contributed by atoms with E-state index in [1.54, 1.807) is 48.5 Å². The molecule has 3 aliphatic heterocycles. The number of hydrogen-bond acceptors (Lipinski definition) is 5. The van der Waals surface area contributed by atoms with Gasteiger partial charge in [-0.1, -0.05) is 72.3 Å². The van der Waals surface area contributed by atoms with E-state index in [4.69, 9.17) is 11.6 Å². The lowest BCUT2D eigenvalue weighted by Gasteiger charge is -2.30. The fourth-order valence-corrected chi connectivity index (χ4v) is 6.12. The Morgan fingerprint density at radius 1 is 0.917 bits per heavy atom. The van der Waals surface area contributed by atoms with E-state index in [-0.39, 0.29) is 12.5 Å². The average molecular weight is 502 g/mol. The van der Waals surface area contributed by atoms with Crippen LogP contribution >= 0.6 is 11.6 Å². The summed E-state index contributed by atoms with van der Waals surface area (Å²) in [5, 5.41) is 18.1. The fraction of sp³-hybridized carbons (Fsp3) is 0.250. The lowest BCUT2D eigenvalue weighted by molar-refractivity contribution is -0.143. The van der Waals surface area contributed by atoms with E-state index in [1.165, 1.54) is 4.90 Å². The fourth-order valence-electron chi connectivity index (χ4n) is 5.99. The molecule has 3 aromatic carbocycles. The van der Waals surface area contributed by atoms with Crippen molar-refractivity contribution in [2.75, 3.05) is 11.9 Å². The van der Waals surface area contributed by atoms with Gasteiger partial charge in [0, 0.05) is 22.8 Å². The maximum Gasteiger partial charge on any atom is 0.250 e. The number of hydrogen-bond donors (Lipinski definition) is 3. The van der Waals surface area contributed by atoms with Crippen LogP contribution in [-0.2, 0) is 26.3 Å². The Morgan fingerprint density at radius 3 is 2.36 bits per heavy atom. The van der Waals surface area contributed by atoms with Crippen molar-refractivity contribution < 1.29 is 19.5 Å². The third-order valence-electron chi connectivity index (χ3n) is 7.67. The van der Waals surface area contributed by atoms with E-state index >= 15 is 0 Å². The topological polar surface area (TPSA) is 98.7 Å². The van der Waals surface area contributed by atoms with Crippen LogP contribution in [0.4, 0.5) is 5.69 Å². The summed E-state index contributed by atoms with van der Waals surface area (Å²) in [4.78, 5) is 42.4. The van der Waals surface area contributed by atoms with Crippen molar-refractivity contribution in [1.82, 2.24) is 10.2 Å². The molecule has 0 unspecified atom stereocenters. The third-order valence-corrected chi connectivity index (χ3v) is 7.92. The summed E-state index contributed by atoms with van der Waals surface area (Å²) in [6, 6.07) is 22.6. The molecule has 2 saturated heterocycles. The van der Waals surface area contributed by atoms with E-state index in [0.29, 0.717) is 28.3 Å². The highest BCUT2D eigenvalue weighted by Crippen LogP contribution is 2.54. The predicted octanol–water partition coefficient (Wildman–Crippen LogP) is 3.04. The first kappa shape index (κ1) is 22.9. The van der Waals surface area contributed by atoms with Crippen LogP contribution in [0, 0.1) is 11.8 Å². The number of aliphatic hydroxyl groups excluding tert-OH is 1. The number of fused-ring (bicyclic) bond motifs is 4. The monoisotopic (exact) mass is 501 g/mol. The first-order valence-corrected chi connectivity index (χ1v) is 12.3. The minimum Gasteiger partial charge on any atom is -0.387 e. The van der Waals surface area contributed by atoms with Gasteiger partial charge in [-0.2, -0.15) is 0 Å². The molecule has 3 amide bonds. The molecular weight excluding hydrogens is 478 g/mol. The maximum atomic E-state index is 13.9. The molecule has 3 heterocycles. The van der Waals surface area contributed by atoms with Gasteiger partial charge >= 0.3 is 0 Å². The lowest BCUT2D eigenvalue weighted by atomic mass is 9.76. The van der Waals surface area contributed by atoms with E-state index < -0.39 is 41.3 Å². The summed E-state index contributed by atoms with van der Waals surface area (Å²) >= 11 is 6.03. The molecule has 6 rings (SSSR count). The normalized spacial score (nSPS) is 27.3.